The molecular formula is C16H19BrN2OS. The van der Waals surface area contributed by atoms with Crippen molar-refractivity contribution in [2.75, 3.05) is 5.73 Å². The smallest absolute Gasteiger partial charge is 0.263 e. The molecule has 1 aromatic carbocycles. The number of fused-ring (bicyclic) bond motifs is 1. The summed E-state index contributed by atoms with van der Waals surface area (Å²) in [5.41, 5.74) is 6.77. The van der Waals surface area contributed by atoms with Gasteiger partial charge in [0.25, 0.3) is 5.91 Å². The molecular weight excluding hydrogens is 348 g/mol. The standard InChI is InChI=1S/C16H19BrN2OS/c1-9-5-7-10(8-6-9)19-16(20)15-14(18)13-11(17)3-2-4-12(13)21-15/h2-4,9-10H,5-8,18H2,1H3,(H,19,20). The summed E-state index contributed by atoms with van der Waals surface area (Å²) in [7, 11) is 0. The normalized spacial score (nSPS) is 22.4. The minimum atomic E-state index is -0.0276. The lowest BCUT2D eigenvalue weighted by atomic mass is 9.87. The zero-order valence-electron chi connectivity index (χ0n) is 12.0. The Morgan fingerprint density at radius 3 is 2.71 bits per heavy atom. The zero-order valence-corrected chi connectivity index (χ0v) is 14.4. The highest BCUT2D eigenvalue weighted by Crippen LogP contribution is 2.38. The summed E-state index contributed by atoms with van der Waals surface area (Å²) in [6, 6.07) is 6.21. The molecule has 1 fully saturated rings. The number of thiophene rings is 1. The maximum Gasteiger partial charge on any atom is 0.263 e. The Kier molecular flexibility index (Phi) is 4.22. The van der Waals surface area contributed by atoms with Crippen LogP contribution in [0.3, 0.4) is 0 Å². The number of halogens is 1. The summed E-state index contributed by atoms with van der Waals surface area (Å²) < 4.78 is 1.99. The molecule has 5 heteroatoms. The van der Waals surface area contributed by atoms with Crippen LogP contribution in [0.1, 0.15) is 42.3 Å². The van der Waals surface area contributed by atoms with Gasteiger partial charge in [0.1, 0.15) is 4.88 Å². The van der Waals surface area contributed by atoms with E-state index in [1.807, 2.05) is 18.2 Å². The van der Waals surface area contributed by atoms with Gasteiger partial charge in [-0.1, -0.05) is 28.9 Å². The lowest BCUT2D eigenvalue weighted by Gasteiger charge is -2.26. The van der Waals surface area contributed by atoms with Gasteiger partial charge >= 0.3 is 0 Å². The summed E-state index contributed by atoms with van der Waals surface area (Å²) in [4.78, 5) is 13.1. The lowest BCUT2D eigenvalue weighted by molar-refractivity contribution is 0.0928. The predicted octanol–water partition coefficient (Wildman–Crippen LogP) is 4.55. The fourth-order valence-corrected chi connectivity index (χ4v) is 4.72. The predicted molar refractivity (Wildman–Crippen MR) is 92.8 cm³/mol. The van der Waals surface area contributed by atoms with Gasteiger partial charge in [-0.05, 0) is 43.7 Å². The van der Waals surface area contributed by atoms with Crippen LogP contribution in [0.4, 0.5) is 5.69 Å². The molecule has 0 radical (unpaired) electrons. The molecule has 1 heterocycles. The average Bonchev–Trinajstić information content (AvgIpc) is 2.80. The Morgan fingerprint density at radius 2 is 2.05 bits per heavy atom. The fourth-order valence-electron chi connectivity index (χ4n) is 2.95. The van der Waals surface area contributed by atoms with E-state index in [0.717, 1.165) is 33.3 Å². The molecule has 0 unspecified atom stereocenters. The summed E-state index contributed by atoms with van der Waals surface area (Å²) in [5.74, 6) is 0.753. The largest absolute Gasteiger partial charge is 0.397 e. The van der Waals surface area contributed by atoms with Gasteiger partial charge in [0, 0.05) is 20.6 Å². The van der Waals surface area contributed by atoms with Crippen LogP contribution in [0.15, 0.2) is 22.7 Å². The molecule has 21 heavy (non-hydrogen) atoms. The maximum absolute atomic E-state index is 12.5. The molecule has 1 aliphatic carbocycles. The van der Waals surface area contributed by atoms with Gasteiger partial charge in [0.05, 0.1) is 5.69 Å². The summed E-state index contributed by atoms with van der Waals surface area (Å²) >= 11 is 4.98. The molecule has 0 saturated heterocycles. The van der Waals surface area contributed by atoms with Gasteiger partial charge < -0.3 is 11.1 Å². The number of carbonyl (C=O) groups is 1. The van der Waals surface area contributed by atoms with E-state index in [-0.39, 0.29) is 5.91 Å². The SMILES string of the molecule is CC1CCC(NC(=O)c2sc3cccc(Br)c3c2N)CC1. The molecule has 2 aromatic rings. The Hall–Kier alpha value is -1.07. The van der Waals surface area contributed by atoms with Gasteiger partial charge in [-0.15, -0.1) is 11.3 Å². The van der Waals surface area contributed by atoms with Crippen LogP contribution in [0.25, 0.3) is 10.1 Å². The molecule has 3 nitrogen and oxygen atoms in total. The van der Waals surface area contributed by atoms with E-state index in [1.54, 1.807) is 0 Å². The number of nitrogens with one attached hydrogen (secondary N) is 1. The molecule has 3 N–H and O–H groups in total. The molecule has 3 rings (SSSR count). The number of nitrogens with two attached hydrogens (primary N) is 1. The van der Waals surface area contributed by atoms with E-state index >= 15 is 0 Å². The topological polar surface area (TPSA) is 55.1 Å². The first-order valence-corrected chi connectivity index (χ1v) is 8.94. The van der Waals surface area contributed by atoms with Crippen molar-refractivity contribution < 1.29 is 4.79 Å². The number of hydrogen-bond acceptors (Lipinski definition) is 3. The zero-order chi connectivity index (χ0) is 15.0. The molecule has 1 aromatic heterocycles. The second-order valence-electron chi connectivity index (χ2n) is 5.89. The van der Waals surface area contributed by atoms with Crippen LogP contribution >= 0.6 is 27.3 Å². The van der Waals surface area contributed by atoms with Crippen LogP contribution in [0, 0.1) is 5.92 Å². The van der Waals surface area contributed by atoms with Crippen LogP contribution in [-0.2, 0) is 0 Å². The molecule has 0 spiro atoms. The van der Waals surface area contributed by atoms with Gasteiger partial charge in [-0.25, -0.2) is 0 Å². The van der Waals surface area contributed by atoms with Crippen LogP contribution in [0.2, 0.25) is 0 Å². The minimum absolute atomic E-state index is 0.0276. The quantitative estimate of drug-likeness (QED) is 0.818. The maximum atomic E-state index is 12.5. The van der Waals surface area contributed by atoms with Gasteiger partial charge in [0.15, 0.2) is 0 Å². The number of carbonyl (C=O) groups excluding carboxylic acids is 1. The highest BCUT2D eigenvalue weighted by atomic mass is 79.9. The monoisotopic (exact) mass is 366 g/mol. The first kappa shape index (κ1) is 14.9. The highest BCUT2D eigenvalue weighted by molar-refractivity contribution is 9.10. The molecule has 1 amide bonds. The van der Waals surface area contributed by atoms with Crippen LogP contribution in [-0.4, -0.2) is 11.9 Å². The Labute approximate surface area is 137 Å². The van der Waals surface area contributed by atoms with Crippen molar-refractivity contribution in [3.05, 3.63) is 27.5 Å². The van der Waals surface area contributed by atoms with Crippen molar-refractivity contribution in [1.29, 1.82) is 0 Å². The molecule has 1 aliphatic rings. The molecule has 112 valence electrons. The Balaban J connectivity index is 1.82. The van der Waals surface area contributed by atoms with Crippen molar-refractivity contribution in [3.8, 4) is 0 Å². The first-order chi connectivity index (χ1) is 10.1. The second-order valence-corrected chi connectivity index (χ2v) is 7.79. The van der Waals surface area contributed by atoms with E-state index < -0.39 is 0 Å². The van der Waals surface area contributed by atoms with Gasteiger partial charge in [-0.2, -0.15) is 0 Å². The molecule has 0 atom stereocenters. The first-order valence-electron chi connectivity index (χ1n) is 7.33. The minimum Gasteiger partial charge on any atom is -0.397 e. The van der Waals surface area contributed by atoms with E-state index in [1.165, 1.54) is 24.2 Å². The van der Waals surface area contributed by atoms with Crippen molar-refractivity contribution >= 4 is 48.9 Å². The molecule has 0 bridgehead atoms. The second kappa shape index (κ2) is 5.97. The number of nitrogen functional groups attached to an aromatic ring is 1. The number of benzene rings is 1. The summed E-state index contributed by atoms with van der Waals surface area (Å²) in [5, 5.41) is 4.10. The van der Waals surface area contributed by atoms with E-state index in [9.17, 15) is 4.79 Å². The van der Waals surface area contributed by atoms with Crippen LogP contribution in [0.5, 0.6) is 0 Å². The number of anilines is 1. The van der Waals surface area contributed by atoms with E-state index in [2.05, 4.69) is 28.2 Å². The van der Waals surface area contributed by atoms with Crippen molar-refractivity contribution in [2.24, 2.45) is 5.92 Å². The lowest BCUT2D eigenvalue weighted by Crippen LogP contribution is -2.37. The third kappa shape index (κ3) is 2.94. The van der Waals surface area contributed by atoms with Gasteiger partial charge in [-0.3, -0.25) is 4.79 Å². The van der Waals surface area contributed by atoms with Gasteiger partial charge in [0.2, 0.25) is 0 Å². The molecule has 0 aliphatic heterocycles. The number of rotatable bonds is 2. The van der Waals surface area contributed by atoms with Crippen molar-refractivity contribution in [1.82, 2.24) is 5.32 Å². The average molecular weight is 367 g/mol. The summed E-state index contributed by atoms with van der Waals surface area (Å²) in [6.45, 7) is 2.28. The van der Waals surface area contributed by atoms with Crippen molar-refractivity contribution in [3.63, 3.8) is 0 Å². The van der Waals surface area contributed by atoms with Crippen molar-refractivity contribution in [2.45, 2.75) is 38.6 Å². The van der Waals surface area contributed by atoms with E-state index in [0.29, 0.717) is 16.6 Å². The third-order valence-corrected chi connectivity index (χ3v) is 6.09. The van der Waals surface area contributed by atoms with Crippen LogP contribution < -0.4 is 11.1 Å². The fraction of sp³-hybridized carbons (Fsp3) is 0.438. The Morgan fingerprint density at radius 1 is 1.33 bits per heavy atom. The van der Waals surface area contributed by atoms with E-state index in [4.69, 9.17) is 5.73 Å². The number of hydrogen-bond donors (Lipinski definition) is 2. The Bertz CT molecular complexity index is 674. The third-order valence-electron chi connectivity index (χ3n) is 4.26. The highest BCUT2D eigenvalue weighted by Gasteiger charge is 2.23. The summed E-state index contributed by atoms with van der Waals surface area (Å²) in [6.07, 6.45) is 4.53. The molecule has 1 saturated carbocycles. The number of amides is 1.